The summed E-state index contributed by atoms with van der Waals surface area (Å²) < 4.78 is 6.01. The lowest BCUT2D eigenvalue weighted by Crippen LogP contribution is -2.38. The first kappa shape index (κ1) is 12.7. The van der Waals surface area contributed by atoms with E-state index >= 15 is 0 Å². The molecule has 0 saturated heterocycles. The van der Waals surface area contributed by atoms with E-state index in [2.05, 4.69) is 15.9 Å². The Morgan fingerprint density at radius 1 is 1.29 bits per heavy atom. The van der Waals surface area contributed by atoms with Crippen molar-refractivity contribution in [3.63, 3.8) is 0 Å². The van der Waals surface area contributed by atoms with E-state index in [1.54, 1.807) is 13.2 Å². The number of ether oxygens (including phenoxy) is 1. The smallest absolute Gasteiger partial charge is 0.160 e. The van der Waals surface area contributed by atoms with Gasteiger partial charge in [-0.25, -0.2) is 0 Å². The maximum Gasteiger partial charge on any atom is 0.160 e. The Bertz CT molecular complexity index is 414. The van der Waals surface area contributed by atoms with E-state index in [4.69, 9.17) is 10.5 Å². The number of hydrogen-bond donors (Lipinski definition) is 2. The number of halogens is 1. The van der Waals surface area contributed by atoms with Gasteiger partial charge in [-0.2, -0.15) is 0 Å². The zero-order valence-electron chi connectivity index (χ0n) is 10.0. The third-order valence-electron chi connectivity index (χ3n) is 3.55. The third-order valence-corrected chi connectivity index (χ3v) is 4.21. The van der Waals surface area contributed by atoms with Gasteiger partial charge in [-0.15, -0.1) is 0 Å². The van der Waals surface area contributed by atoms with Crippen LogP contribution in [0, 0.1) is 0 Å². The molecule has 1 aliphatic carbocycles. The van der Waals surface area contributed by atoms with Gasteiger partial charge >= 0.3 is 0 Å². The van der Waals surface area contributed by atoms with Crippen molar-refractivity contribution in [2.45, 2.75) is 37.6 Å². The van der Waals surface area contributed by atoms with Crippen molar-refractivity contribution in [2.24, 2.45) is 5.73 Å². The largest absolute Gasteiger partial charge is 0.504 e. The lowest BCUT2D eigenvalue weighted by molar-refractivity contribution is 0.298. The van der Waals surface area contributed by atoms with Gasteiger partial charge in [0.05, 0.1) is 7.11 Å². The molecule has 0 amide bonds. The normalized spacial score (nSPS) is 19.0. The summed E-state index contributed by atoms with van der Waals surface area (Å²) in [6, 6.07) is 3.52. The molecular formula is C13H18BrNO2. The van der Waals surface area contributed by atoms with Crippen molar-refractivity contribution in [1.29, 1.82) is 0 Å². The van der Waals surface area contributed by atoms with Gasteiger partial charge in [-0.3, -0.25) is 0 Å². The molecule has 17 heavy (non-hydrogen) atoms. The highest BCUT2D eigenvalue weighted by Gasteiger charge is 2.32. The second-order valence-corrected chi connectivity index (χ2v) is 5.58. The zero-order chi connectivity index (χ0) is 12.5. The van der Waals surface area contributed by atoms with Crippen LogP contribution >= 0.6 is 15.9 Å². The van der Waals surface area contributed by atoms with E-state index in [0.717, 1.165) is 35.7 Å². The van der Waals surface area contributed by atoms with E-state index in [-0.39, 0.29) is 11.3 Å². The molecule has 0 bridgehead atoms. The molecule has 0 heterocycles. The number of rotatable bonds is 2. The molecule has 0 atom stereocenters. The summed E-state index contributed by atoms with van der Waals surface area (Å²) in [6.45, 7) is 0. The summed E-state index contributed by atoms with van der Waals surface area (Å²) in [5.41, 5.74) is 7.23. The van der Waals surface area contributed by atoms with Crippen LogP contribution in [0.25, 0.3) is 0 Å². The number of aromatic hydroxyl groups is 1. The van der Waals surface area contributed by atoms with E-state index in [1.807, 2.05) is 6.07 Å². The van der Waals surface area contributed by atoms with E-state index in [1.165, 1.54) is 6.42 Å². The molecule has 0 aromatic heterocycles. The molecule has 1 saturated carbocycles. The summed E-state index contributed by atoms with van der Waals surface area (Å²) in [5, 5.41) is 9.70. The average molecular weight is 300 g/mol. The summed E-state index contributed by atoms with van der Waals surface area (Å²) in [6.07, 6.45) is 5.54. The molecule has 1 aromatic carbocycles. The van der Waals surface area contributed by atoms with Crippen molar-refractivity contribution in [3.8, 4) is 11.5 Å². The van der Waals surface area contributed by atoms with Crippen molar-refractivity contribution in [1.82, 2.24) is 0 Å². The zero-order valence-corrected chi connectivity index (χ0v) is 11.6. The monoisotopic (exact) mass is 299 g/mol. The van der Waals surface area contributed by atoms with Crippen LogP contribution in [0.1, 0.15) is 37.7 Å². The van der Waals surface area contributed by atoms with Gasteiger partial charge in [0.1, 0.15) is 0 Å². The standard InChI is InChI=1S/C13H18BrNO2/c1-17-12-7-9(10(14)8-11(12)16)13(15)5-3-2-4-6-13/h7-8,16H,2-6,15H2,1H3. The molecule has 3 N–H and O–H groups in total. The maximum absolute atomic E-state index is 9.70. The van der Waals surface area contributed by atoms with Crippen molar-refractivity contribution < 1.29 is 9.84 Å². The quantitative estimate of drug-likeness (QED) is 0.881. The highest BCUT2D eigenvalue weighted by atomic mass is 79.9. The van der Waals surface area contributed by atoms with E-state index in [9.17, 15) is 5.11 Å². The molecule has 1 fully saturated rings. The number of nitrogens with two attached hydrogens (primary N) is 1. The average Bonchev–Trinajstić information content (AvgIpc) is 2.30. The Hall–Kier alpha value is -0.740. The second kappa shape index (κ2) is 4.86. The van der Waals surface area contributed by atoms with Crippen molar-refractivity contribution >= 4 is 15.9 Å². The number of phenols is 1. The van der Waals surface area contributed by atoms with Gasteiger partial charge in [0.15, 0.2) is 11.5 Å². The predicted molar refractivity (Wildman–Crippen MR) is 71.3 cm³/mol. The Labute approximate surface area is 110 Å². The molecular weight excluding hydrogens is 282 g/mol. The molecule has 0 aliphatic heterocycles. The fourth-order valence-electron chi connectivity index (χ4n) is 2.54. The molecule has 1 aliphatic rings. The molecule has 94 valence electrons. The third kappa shape index (κ3) is 2.43. The van der Waals surface area contributed by atoms with Gasteiger partial charge in [-0.05, 0) is 30.5 Å². The van der Waals surface area contributed by atoms with E-state index < -0.39 is 0 Å². The van der Waals surface area contributed by atoms with Crippen LogP contribution in [0.4, 0.5) is 0 Å². The number of hydrogen-bond acceptors (Lipinski definition) is 3. The number of methoxy groups -OCH3 is 1. The predicted octanol–water partition coefficient (Wildman–Crippen LogP) is 3.28. The van der Waals surface area contributed by atoms with Crippen LogP contribution in [0.3, 0.4) is 0 Å². The highest BCUT2D eigenvalue weighted by Crippen LogP contribution is 2.42. The molecule has 1 aromatic rings. The summed E-state index contributed by atoms with van der Waals surface area (Å²) in [4.78, 5) is 0. The Kier molecular flexibility index (Phi) is 3.64. The molecule has 0 radical (unpaired) electrons. The Morgan fingerprint density at radius 2 is 1.94 bits per heavy atom. The fourth-order valence-corrected chi connectivity index (χ4v) is 3.27. The summed E-state index contributed by atoms with van der Waals surface area (Å²) in [5.74, 6) is 0.626. The summed E-state index contributed by atoms with van der Waals surface area (Å²) in [7, 11) is 1.55. The van der Waals surface area contributed by atoms with Gasteiger partial charge in [0, 0.05) is 10.0 Å². The lowest BCUT2D eigenvalue weighted by atomic mass is 9.77. The first-order chi connectivity index (χ1) is 8.07. The Morgan fingerprint density at radius 3 is 2.53 bits per heavy atom. The summed E-state index contributed by atoms with van der Waals surface area (Å²) >= 11 is 3.49. The van der Waals surface area contributed by atoms with Crippen molar-refractivity contribution in [3.05, 3.63) is 22.2 Å². The van der Waals surface area contributed by atoms with Gasteiger partial charge in [-0.1, -0.05) is 35.2 Å². The maximum atomic E-state index is 9.70. The van der Waals surface area contributed by atoms with Crippen LogP contribution in [0.5, 0.6) is 11.5 Å². The SMILES string of the molecule is COc1cc(C2(N)CCCCC2)c(Br)cc1O. The molecule has 0 unspecified atom stereocenters. The van der Waals surface area contributed by atoms with Crippen LogP contribution in [0.2, 0.25) is 0 Å². The van der Waals surface area contributed by atoms with Crippen LogP contribution in [-0.4, -0.2) is 12.2 Å². The minimum absolute atomic E-state index is 0.141. The minimum atomic E-state index is -0.294. The Balaban J connectivity index is 2.43. The van der Waals surface area contributed by atoms with Gasteiger partial charge < -0.3 is 15.6 Å². The first-order valence-corrected chi connectivity index (χ1v) is 6.72. The van der Waals surface area contributed by atoms with Crippen LogP contribution < -0.4 is 10.5 Å². The fraction of sp³-hybridized carbons (Fsp3) is 0.538. The molecule has 4 heteroatoms. The topological polar surface area (TPSA) is 55.5 Å². The number of benzene rings is 1. The van der Waals surface area contributed by atoms with E-state index in [0.29, 0.717) is 5.75 Å². The molecule has 0 spiro atoms. The van der Waals surface area contributed by atoms with Crippen LogP contribution in [-0.2, 0) is 5.54 Å². The first-order valence-electron chi connectivity index (χ1n) is 5.93. The van der Waals surface area contributed by atoms with Crippen LogP contribution in [0.15, 0.2) is 16.6 Å². The molecule has 2 rings (SSSR count). The molecule has 3 nitrogen and oxygen atoms in total. The van der Waals surface area contributed by atoms with Gasteiger partial charge in [0.2, 0.25) is 0 Å². The highest BCUT2D eigenvalue weighted by molar-refractivity contribution is 9.10. The lowest BCUT2D eigenvalue weighted by Gasteiger charge is -2.35. The minimum Gasteiger partial charge on any atom is -0.504 e. The second-order valence-electron chi connectivity index (χ2n) is 4.72. The number of phenolic OH excluding ortho intramolecular Hbond substituents is 1. The van der Waals surface area contributed by atoms with Gasteiger partial charge in [0.25, 0.3) is 0 Å². The van der Waals surface area contributed by atoms with Crippen molar-refractivity contribution in [2.75, 3.05) is 7.11 Å².